The van der Waals surface area contributed by atoms with Gasteiger partial charge in [-0.15, -0.1) is 12.4 Å². The van der Waals surface area contributed by atoms with E-state index in [4.69, 9.17) is 5.73 Å². The highest BCUT2D eigenvalue weighted by atomic mass is 35.5. The van der Waals surface area contributed by atoms with Crippen LogP contribution in [0.3, 0.4) is 0 Å². The molecule has 21 heavy (non-hydrogen) atoms. The zero-order chi connectivity index (χ0) is 14.6. The number of hydrogen-bond donors (Lipinski definition) is 1. The van der Waals surface area contributed by atoms with E-state index in [0.717, 1.165) is 16.7 Å². The summed E-state index contributed by atoms with van der Waals surface area (Å²) in [5.74, 6) is 0. The topological polar surface area (TPSA) is 26.0 Å². The minimum absolute atomic E-state index is 0. The van der Waals surface area contributed by atoms with Crippen LogP contribution in [0.2, 0.25) is 0 Å². The molecule has 0 fully saturated rings. The van der Waals surface area contributed by atoms with Crippen molar-refractivity contribution in [1.82, 2.24) is 0 Å². The Balaban J connectivity index is 0.00000220. The molecule has 2 aromatic carbocycles. The van der Waals surface area contributed by atoms with Crippen LogP contribution in [0.15, 0.2) is 54.6 Å². The summed E-state index contributed by atoms with van der Waals surface area (Å²) in [6.07, 6.45) is -5.09. The average Bonchev–Trinajstić information content (AvgIpc) is 2.45. The van der Waals surface area contributed by atoms with Crippen LogP contribution in [0.5, 0.6) is 0 Å². The molecule has 5 heteroatoms. The van der Waals surface area contributed by atoms with Gasteiger partial charge in [0.2, 0.25) is 0 Å². The molecule has 1 nitrogen and oxygen atoms in total. The monoisotopic (exact) mass is 315 g/mol. The van der Waals surface area contributed by atoms with Gasteiger partial charge in [-0.2, -0.15) is 13.2 Å². The fraction of sp³-hybridized carbons (Fsp3) is 0.250. The molecule has 2 rings (SSSR count). The maximum Gasteiger partial charge on any atom is 0.389 e. The number of hydrogen-bond acceptors (Lipinski definition) is 1. The van der Waals surface area contributed by atoms with Gasteiger partial charge >= 0.3 is 6.18 Å². The van der Waals surface area contributed by atoms with Gasteiger partial charge in [-0.25, -0.2) is 0 Å². The quantitative estimate of drug-likeness (QED) is 0.832. The molecule has 0 saturated heterocycles. The predicted octanol–water partition coefficient (Wildman–Crippen LogP) is 5.12. The Bertz CT molecular complexity index is 538. The third-order valence-electron chi connectivity index (χ3n) is 3.18. The second-order valence-electron chi connectivity index (χ2n) is 4.75. The van der Waals surface area contributed by atoms with Crippen LogP contribution < -0.4 is 5.73 Å². The lowest BCUT2D eigenvalue weighted by Crippen LogP contribution is -2.15. The van der Waals surface area contributed by atoms with E-state index in [1.807, 2.05) is 42.5 Å². The minimum Gasteiger partial charge on any atom is -0.324 e. The third kappa shape index (κ3) is 5.40. The summed E-state index contributed by atoms with van der Waals surface area (Å²) >= 11 is 0. The Morgan fingerprint density at radius 1 is 0.857 bits per heavy atom. The molecule has 0 bridgehead atoms. The first-order valence-corrected chi connectivity index (χ1v) is 6.43. The lowest BCUT2D eigenvalue weighted by atomic mass is 9.99. The van der Waals surface area contributed by atoms with Crippen molar-refractivity contribution in [2.24, 2.45) is 5.73 Å². The van der Waals surface area contributed by atoms with Gasteiger partial charge in [0.25, 0.3) is 0 Å². The van der Waals surface area contributed by atoms with Crippen molar-refractivity contribution in [3.63, 3.8) is 0 Å². The van der Waals surface area contributed by atoms with Gasteiger partial charge in [0.05, 0.1) is 0 Å². The maximum atomic E-state index is 12.2. The van der Waals surface area contributed by atoms with Crippen LogP contribution in [0.25, 0.3) is 11.1 Å². The Kier molecular flexibility index (Phi) is 6.24. The fourth-order valence-corrected chi connectivity index (χ4v) is 2.04. The molecule has 1 atom stereocenters. The lowest BCUT2D eigenvalue weighted by Gasteiger charge is -2.14. The van der Waals surface area contributed by atoms with Crippen molar-refractivity contribution in [2.75, 3.05) is 0 Å². The molecule has 2 N–H and O–H groups in total. The van der Waals surface area contributed by atoms with E-state index in [1.54, 1.807) is 12.1 Å². The summed E-state index contributed by atoms with van der Waals surface area (Å²) in [5, 5.41) is 0. The van der Waals surface area contributed by atoms with E-state index in [9.17, 15) is 13.2 Å². The number of halogens is 4. The van der Waals surface area contributed by atoms with Crippen molar-refractivity contribution in [1.29, 1.82) is 0 Å². The highest BCUT2D eigenvalue weighted by Gasteiger charge is 2.27. The van der Waals surface area contributed by atoms with E-state index in [2.05, 4.69) is 0 Å². The first kappa shape index (κ1) is 17.5. The Morgan fingerprint density at radius 3 is 1.90 bits per heavy atom. The van der Waals surface area contributed by atoms with Crippen molar-refractivity contribution in [3.8, 4) is 11.1 Å². The molecule has 0 heterocycles. The van der Waals surface area contributed by atoms with Crippen molar-refractivity contribution in [2.45, 2.75) is 25.1 Å². The molecule has 0 aliphatic carbocycles. The fourth-order valence-electron chi connectivity index (χ4n) is 2.04. The van der Waals surface area contributed by atoms with E-state index in [0.29, 0.717) is 0 Å². The predicted molar refractivity (Wildman–Crippen MR) is 81.3 cm³/mol. The van der Waals surface area contributed by atoms with Gasteiger partial charge in [0, 0.05) is 12.5 Å². The van der Waals surface area contributed by atoms with Crippen molar-refractivity contribution >= 4 is 12.4 Å². The molecule has 0 amide bonds. The summed E-state index contributed by atoms with van der Waals surface area (Å²) in [7, 11) is 0. The van der Waals surface area contributed by atoms with Crippen LogP contribution in [0, 0.1) is 0 Å². The van der Waals surface area contributed by atoms with Gasteiger partial charge in [0.1, 0.15) is 0 Å². The van der Waals surface area contributed by atoms with Crippen LogP contribution >= 0.6 is 12.4 Å². The van der Waals surface area contributed by atoms with Crippen LogP contribution in [0.1, 0.15) is 24.4 Å². The first-order chi connectivity index (χ1) is 9.46. The molecule has 0 aliphatic heterocycles. The SMILES string of the molecule is Cl.N[C@H](CCC(F)(F)F)c1ccc(-c2ccccc2)cc1. The second kappa shape index (κ2) is 7.48. The molecule has 0 aliphatic rings. The van der Waals surface area contributed by atoms with Crippen LogP contribution in [-0.2, 0) is 0 Å². The third-order valence-corrected chi connectivity index (χ3v) is 3.18. The van der Waals surface area contributed by atoms with Gasteiger partial charge in [-0.05, 0) is 23.1 Å². The maximum absolute atomic E-state index is 12.2. The Morgan fingerprint density at radius 2 is 1.38 bits per heavy atom. The van der Waals surface area contributed by atoms with E-state index >= 15 is 0 Å². The zero-order valence-electron chi connectivity index (χ0n) is 11.3. The average molecular weight is 316 g/mol. The summed E-state index contributed by atoms with van der Waals surface area (Å²) in [6, 6.07) is 16.6. The number of rotatable bonds is 4. The molecule has 0 unspecified atom stereocenters. The molecular formula is C16H17ClF3N. The Labute approximate surface area is 128 Å². The van der Waals surface area contributed by atoms with Gasteiger partial charge in [-0.1, -0.05) is 54.6 Å². The molecule has 0 saturated carbocycles. The minimum atomic E-state index is -4.15. The molecule has 0 radical (unpaired) electrons. The standard InChI is InChI=1S/C16H16F3N.ClH/c17-16(18,19)11-10-15(20)14-8-6-13(7-9-14)12-4-2-1-3-5-12;/h1-9,15H,10-11,20H2;1H/t15-;/m1./s1. The normalized spacial score (nSPS) is 12.6. The summed E-state index contributed by atoms with van der Waals surface area (Å²) in [5.41, 5.74) is 8.62. The second-order valence-corrected chi connectivity index (χ2v) is 4.75. The summed E-state index contributed by atoms with van der Waals surface area (Å²) in [4.78, 5) is 0. The highest BCUT2D eigenvalue weighted by molar-refractivity contribution is 5.85. The smallest absolute Gasteiger partial charge is 0.324 e. The molecule has 114 valence electrons. The lowest BCUT2D eigenvalue weighted by molar-refractivity contribution is -0.136. The number of nitrogens with two attached hydrogens (primary N) is 1. The largest absolute Gasteiger partial charge is 0.389 e. The zero-order valence-corrected chi connectivity index (χ0v) is 12.1. The first-order valence-electron chi connectivity index (χ1n) is 6.43. The van der Waals surface area contributed by atoms with E-state index < -0.39 is 18.6 Å². The molecule has 0 spiro atoms. The van der Waals surface area contributed by atoms with Crippen molar-refractivity contribution < 1.29 is 13.2 Å². The van der Waals surface area contributed by atoms with Crippen LogP contribution in [0.4, 0.5) is 13.2 Å². The van der Waals surface area contributed by atoms with Gasteiger partial charge < -0.3 is 5.73 Å². The summed E-state index contributed by atoms with van der Waals surface area (Å²) < 4.78 is 36.5. The highest BCUT2D eigenvalue weighted by Crippen LogP contribution is 2.27. The van der Waals surface area contributed by atoms with Gasteiger partial charge in [0.15, 0.2) is 0 Å². The molecular weight excluding hydrogens is 299 g/mol. The summed E-state index contributed by atoms with van der Waals surface area (Å²) in [6.45, 7) is 0. The molecule has 0 aromatic heterocycles. The number of alkyl halides is 3. The Hall–Kier alpha value is -1.52. The number of benzene rings is 2. The van der Waals surface area contributed by atoms with Crippen LogP contribution in [-0.4, -0.2) is 6.18 Å². The van der Waals surface area contributed by atoms with Crippen molar-refractivity contribution in [3.05, 3.63) is 60.2 Å². The molecule has 2 aromatic rings. The van der Waals surface area contributed by atoms with E-state index in [-0.39, 0.29) is 18.8 Å². The van der Waals surface area contributed by atoms with E-state index in [1.165, 1.54) is 0 Å². The van der Waals surface area contributed by atoms with Gasteiger partial charge in [-0.3, -0.25) is 0 Å².